The van der Waals surface area contributed by atoms with Gasteiger partial charge in [0.15, 0.2) is 0 Å². The van der Waals surface area contributed by atoms with Gasteiger partial charge in [-0.3, -0.25) is 19.7 Å². The minimum Gasteiger partial charge on any atom is -0.362 e. The van der Waals surface area contributed by atoms with Crippen LogP contribution in [0.1, 0.15) is 36.0 Å². The Labute approximate surface area is 151 Å². The van der Waals surface area contributed by atoms with Gasteiger partial charge in [-0.05, 0) is 37.8 Å². The summed E-state index contributed by atoms with van der Waals surface area (Å²) >= 11 is 0. The largest absolute Gasteiger partial charge is 0.362 e. The van der Waals surface area contributed by atoms with Gasteiger partial charge in [-0.2, -0.15) is 0 Å². The first-order chi connectivity index (χ1) is 12.5. The van der Waals surface area contributed by atoms with E-state index in [1.807, 2.05) is 9.80 Å². The van der Waals surface area contributed by atoms with Gasteiger partial charge in [0.05, 0.1) is 4.92 Å². The molecule has 0 bridgehead atoms. The fraction of sp³-hybridized carbons (Fsp3) is 0.556. The molecule has 26 heavy (non-hydrogen) atoms. The van der Waals surface area contributed by atoms with E-state index in [0.717, 1.165) is 25.7 Å². The van der Waals surface area contributed by atoms with Crippen LogP contribution in [0.3, 0.4) is 0 Å². The first-order valence-electron chi connectivity index (χ1n) is 9.16. The zero-order chi connectivity index (χ0) is 18.3. The molecule has 3 fully saturated rings. The van der Waals surface area contributed by atoms with E-state index >= 15 is 0 Å². The van der Waals surface area contributed by atoms with Crippen molar-refractivity contribution in [3.63, 3.8) is 0 Å². The number of nitrogens with zero attached hydrogens (tertiary/aromatic N) is 3. The molecule has 0 aromatic heterocycles. The summed E-state index contributed by atoms with van der Waals surface area (Å²) in [7, 11) is 0. The van der Waals surface area contributed by atoms with E-state index in [9.17, 15) is 19.7 Å². The Morgan fingerprint density at radius 1 is 1.08 bits per heavy atom. The molecular formula is C18H22N4O4. The third-order valence-corrected chi connectivity index (χ3v) is 5.21. The second kappa shape index (κ2) is 6.59. The second-order valence-corrected chi connectivity index (χ2v) is 7.29. The maximum atomic E-state index is 12.2. The number of piperazine rings is 1. The van der Waals surface area contributed by atoms with Gasteiger partial charge in [0.2, 0.25) is 5.91 Å². The lowest BCUT2D eigenvalue weighted by atomic mass is 10.1. The van der Waals surface area contributed by atoms with E-state index in [-0.39, 0.29) is 29.5 Å². The van der Waals surface area contributed by atoms with Crippen LogP contribution in [0.2, 0.25) is 0 Å². The van der Waals surface area contributed by atoms with Gasteiger partial charge in [-0.25, -0.2) is 0 Å². The molecule has 1 saturated heterocycles. The van der Waals surface area contributed by atoms with Gasteiger partial charge in [-0.15, -0.1) is 0 Å². The molecule has 1 aromatic carbocycles. The van der Waals surface area contributed by atoms with Crippen LogP contribution < -0.4 is 10.2 Å². The number of carbonyl (C=O) groups is 2. The normalized spacial score (nSPS) is 20.0. The topological polar surface area (TPSA) is 95.8 Å². The number of benzene rings is 1. The zero-order valence-corrected chi connectivity index (χ0v) is 14.5. The number of rotatable bonds is 5. The first kappa shape index (κ1) is 16.8. The van der Waals surface area contributed by atoms with Crippen molar-refractivity contribution in [1.82, 2.24) is 10.2 Å². The second-order valence-electron chi connectivity index (χ2n) is 7.29. The average Bonchev–Trinajstić information content (AvgIpc) is 3.54. The number of hydrogen-bond donors (Lipinski definition) is 1. The van der Waals surface area contributed by atoms with Crippen molar-refractivity contribution in [2.24, 2.45) is 5.92 Å². The summed E-state index contributed by atoms with van der Waals surface area (Å²) in [6.07, 6.45) is 3.90. The molecule has 0 atom stereocenters. The molecule has 1 heterocycles. The molecule has 138 valence electrons. The Bertz CT molecular complexity index is 750. The van der Waals surface area contributed by atoms with Crippen molar-refractivity contribution in [2.45, 2.75) is 31.7 Å². The molecule has 8 nitrogen and oxygen atoms in total. The Hall–Kier alpha value is -2.64. The summed E-state index contributed by atoms with van der Waals surface area (Å²) in [5.41, 5.74) is 0.766. The van der Waals surface area contributed by atoms with Crippen LogP contribution >= 0.6 is 0 Å². The summed E-state index contributed by atoms with van der Waals surface area (Å²) < 4.78 is 0. The monoisotopic (exact) mass is 358 g/mol. The highest BCUT2D eigenvalue weighted by atomic mass is 16.6. The highest BCUT2D eigenvalue weighted by Gasteiger charge is 2.35. The SMILES string of the molecule is O=C(NC1CC1)c1ccc(N2CCN(C(=O)C3CC3)CC2)c([N+](=O)[O-])c1. The number of carbonyl (C=O) groups excluding carboxylic acids is 2. The van der Waals surface area contributed by atoms with Crippen LogP contribution in [0, 0.1) is 16.0 Å². The zero-order valence-electron chi connectivity index (χ0n) is 14.5. The van der Waals surface area contributed by atoms with Gasteiger partial charge in [0.1, 0.15) is 5.69 Å². The minimum atomic E-state index is -0.440. The molecule has 2 amide bonds. The van der Waals surface area contributed by atoms with E-state index in [2.05, 4.69) is 5.32 Å². The van der Waals surface area contributed by atoms with Gasteiger partial charge >= 0.3 is 0 Å². The third-order valence-electron chi connectivity index (χ3n) is 5.21. The molecule has 8 heteroatoms. The van der Waals surface area contributed by atoms with Gasteiger partial charge < -0.3 is 15.1 Å². The lowest BCUT2D eigenvalue weighted by Gasteiger charge is -2.36. The molecule has 4 rings (SSSR count). The summed E-state index contributed by atoms with van der Waals surface area (Å²) in [6.45, 7) is 2.28. The molecule has 3 aliphatic rings. The van der Waals surface area contributed by atoms with Gasteiger partial charge in [0, 0.05) is 49.8 Å². The smallest absolute Gasteiger partial charge is 0.293 e. The summed E-state index contributed by atoms with van der Waals surface area (Å²) in [4.78, 5) is 39.2. The lowest BCUT2D eigenvalue weighted by Crippen LogP contribution is -2.49. The molecule has 2 saturated carbocycles. The highest BCUT2D eigenvalue weighted by molar-refractivity contribution is 5.96. The maximum Gasteiger partial charge on any atom is 0.293 e. The quantitative estimate of drug-likeness (QED) is 0.636. The first-order valence-corrected chi connectivity index (χ1v) is 9.16. The Morgan fingerprint density at radius 3 is 2.35 bits per heavy atom. The number of nitro groups is 1. The minimum absolute atomic E-state index is 0.0598. The van der Waals surface area contributed by atoms with E-state index in [1.54, 1.807) is 12.1 Å². The Morgan fingerprint density at radius 2 is 1.77 bits per heavy atom. The van der Waals surface area contributed by atoms with Crippen LogP contribution in [0.4, 0.5) is 11.4 Å². The molecule has 1 aliphatic heterocycles. The van der Waals surface area contributed by atoms with Crippen LogP contribution in [-0.4, -0.2) is 53.9 Å². The summed E-state index contributed by atoms with van der Waals surface area (Å²) in [5.74, 6) is 0.147. The summed E-state index contributed by atoms with van der Waals surface area (Å²) in [5, 5.41) is 14.4. The Kier molecular flexibility index (Phi) is 4.26. The highest BCUT2D eigenvalue weighted by Crippen LogP contribution is 2.33. The fourth-order valence-electron chi connectivity index (χ4n) is 3.33. The average molecular weight is 358 g/mol. The summed E-state index contributed by atoms with van der Waals surface area (Å²) in [6, 6.07) is 4.85. The molecular weight excluding hydrogens is 336 g/mol. The van der Waals surface area contributed by atoms with Crippen molar-refractivity contribution in [2.75, 3.05) is 31.1 Å². The van der Waals surface area contributed by atoms with E-state index in [1.165, 1.54) is 6.07 Å². The van der Waals surface area contributed by atoms with Crippen molar-refractivity contribution in [3.05, 3.63) is 33.9 Å². The van der Waals surface area contributed by atoms with Crippen molar-refractivity contribution in [1.29, 1.82) is 0 Å². The molecule has 1 aromatic rings. The number of nitro benzene ring substituents is 1. The van der Waals surface area contributed by atoms with Crippen LogP contribution in [0.25, 0.3) is 0 Å². The van der Waals surface area contributed by atoms with E-state index < -0.39 is 4.92 Å². The van der Waals surface area contributed by atoms with Crippen LogP contribution in [0.15, 0.2) is 18.2 Å². The van der Waals surface area contributed by atoms with E-state index in [0.29, 0.717) is 37.4 Å². The molecule has 2 aliphatic carbocycles. The standard InChI is InChI=1S/C18H22N4O4/c23-17(19-14-4-5-14)13-3-6-15(16(11-13)22(25)26)20-7-9-21(10-8-20)18(24)12-1-2-12/h3,6,11-12,14H,1-2,4-5,7-10H2,(H,19,23). The van der Waals surface area contributed by atoms with Gasteiger partial charge in [-0.1, -0.05) is 0 Å². The van der Waals surface area contributed by atoms with Crippen LogP contribution in [0.5, 0.6) is 0 Å². The third kappa shape index (κ3) is 3.49. The number of anilines is 1. The predicted molar refractivity (Wildman–Crippen MR) is 95.1 cm³/mol. The maximum absolute atomic E-state index is 12.2. The lowest BCUT2D eigenvalue weighted by molar-refractivity contribution is -0.384. The molecule has 0 unspecified atom stereocenters. The van der Waals surface area contributed by atoms with Crippen molar-refractivity contribution >= 4 is 23.2 Å². The van der Waals surface area contributed by atoms with E-state index in [4.69, 9.17) is 0 Å². The van der Waals surface area contributed by atoms with Crippen molar-refractivity contribution in [3.8, 4) is 0 Å². The number of nitrogens with one attached hydrogen (secondary N) is 1. The molecule has 1 N–H and O–H groups in total. The van der Waals surface area contributed by atoms with Crippen LogP contribution in [-0.2, 0) is 4.79 Å². The fourth-order valence-corrected chi connectivity index (χ4v) is 3.33. The number of amides is 2. The molecule has 0 spiro atoms. The predicted octanol–water partition coefficient (Wildman–Crippen LogP) is 1.55. The Balaban J connectivity index is 1.47. The van der Waals surface area contributed by atoms with Crippen molar-refractivity contribution < 1.29 is 14.5 Å². The van der Waals surface area contributed by atoms with Gasteiger partial charge in [0.25, 0.3) is 11.6 Å². The number of hydrogen-bond acceptors (Lipinski definition) is 5. The molecule has 0 radical (unpaired) electrons.